The second-order valence-electron chi connectivity index (χ2n) is 2.99. The van der Waals surface area contributed by atoms with E-state index in [9.17, 15) is 4.79 Å². The van der Waals surface area contributed by atoms with Crippen molar-refractivity contribution in [2.24, 2.45) is 0 Å². The molecule has 0 bridgehead atoms. The zero-order valence-electron chi connectivity index (χ0n) is 9.41. The summed E-state index contributed by atoms with van der Waals surface area (Å²) >= 11 is 0. The first kappa shape index (κ1) is 13.4. The Labute approximate surface area is 85.5 Å². The first-order chi connectivity index (χ1) is 6.61. The fraction of sp³-hybridized carbons (Fsp3) is 0.900. The van der Waals surface area contributed by atoms with Crippen molar-refractivity contribution in [3.8, 4) is 0 Å². The van der Waals surface area contributed by atoms with Crippen LogP contribution in [-0.2, 0) is 19.0 Å². The van der Waals surface area contributed by atoms with E-state index in [4.69, 9.17) is 14.2 Å². The van der Waals surface area contributed by atoms with Crippen LogP contribution in [-0.4, -0.2) is 38.0 Å². The second kappa shape index (κ2) is 7.76. The van der Waals surface area contributed by atoms with E-state index in [1.54, 1.807) is 6.92 Å². The van der Waals surface area contributed by atoms with Gasteiger partial charge in [-0.15, -0.1) is 0 Å². The maximum absolute atomic E-state index is 11.2. The molecule has 0 saturated carbocycles. The Balaban J connectivity index is 3.61. The van der Waals surface area contributed by atoms with E-state index in [-0.39, 0.29) is 18.7 Å². The molecule has 0 rings (SSSR count). The van der Waals surface area contributed by atoms with Crippen molar-refractivity contribution < 1.29 is 19.0 Å². The molecule has 0 saturated heterocycles. The molecule has 14 heavy (non-hydrogen) atoms. The van der Waals surface area contributed by atoms with Crippen LogP contribution in [0, 0.1) is 0 Å². The van der Waals surface area contributed by atoms with Crippen LogP contribution < -0.4 is 0 Å². The monoisotopic (exact) mass is 204 g/mol. The highest BCUT2D eigenvalue weighted by Gasteiger charge is 2.15. The van der Waals surface area contributed by atoms with Crippen molar-refractivity contribution in [2.75, 3.05) is 19.8 Å². The molecule has 0 aromatic rings. The summed E-state index contributed by atoms with van der Waals surface area (Å²) in [7, 11) is 0. The third-order valence-corrected chi connectivity index (χ3v) is 1.66. The zero-order valence-corrected chi connectivity index (χ0v) is 9.41. The normalized spacial score (nSPS) is 14.9. The van der Waals surface area contributed by atoms with Crippen molar-refractivity contribution in [3.05, 3.63) is 0 Å². The van der Waals surface area contributed by atoms with Gasteiger partial charge in [0.1, 0.15) is 6.61 Å². The highest BCUT2D eigenvalue weighted by molar-refractivity contribution is 5.74. The van der Waals surface area contributed by atoms with Crippen molar-refractivity contribution in [3.63, 3.8) is 0 Å². The largest absolute Gasteiger partial charge is 0.461 e. The molecule has 0 aromatic carbocycles. The van der Waals surface area contributed by atoms with Crippen LogP contribution in [0.5, 0.6) is 0 Å². The summed E-state index contributed by atoms with van der Waals surface area (Å²) in [5.74, 6) is -0.335. The van der Waals surface area contributed by atoms with Gasteiger partial charge in [-0.25, -0.2) is 4.79 Å². The Hall–Kier alpha value is -0.610. The van der Waals surface area contributed by atoms with Crippen molar-refractivity contribution >= 4 is 5.97 Å². The quantitative estimate of drug-likeness (QED) is 0.588. The number of carbonyl (C=O) groups is 1. The third-order valence-electron chi connectivity index (χ3n) is 1.66. The number of hydrogen-bond donors (Lipinski definition) is 0. The van der Waals surface area contributed by atoms with E-state index in [1.165, 1.54) is 0 Å². The number of ether oxygens (including phenoxy) is 3. The topological polar surface area (TPSA) is 44.8 Å². The molecule has 0 aromatic heterocycles. The Morgan fingerprint density at radius 1 is 1.14 bits per heavy atom. The molecule has 0 aliphatic heterocycles. The molecule has 0 spiro atoms. The minimum atomic E-state index is -0.492. The number of carbonyl (C=O) groups excluding carboxylic acids is 1. The first-order valence-electron chi connectivity index (χ1n) is 5.01. The van der Waals surface area contributed by atoms with Gasteiger partial charge in [-0.05, 0) is 27.7 Å². The molecule has 4 heteroatoms. The summed E-state index contributed by atoms with van der Waals surface area (Å²) in [5.41, 5.74) is 0. The smallest absolute Gasteiger partial charge is 0.335 e. The number of hydrogen-bond acceptors (Lipinski definition) is 4. The van der Waals surface area contributed by atoms with Crippen LogP contribution >= 0.6 is 0 Å². The summed E-state index contributed by atoms with van der Waals surface area (Å²) in [6, 6.07) is 0. The molecule has 2 atom stereocenters. The maximum atomic E-state index is 11.2. The van der Waals surface area contributed by atoms with Crippen LogP contribution in [0.2, 0.25) is 0 Å². The van der Waals surface area contributed by atoms with Gasteiger partial charge in [0.15, 0.2) is 6.10 Å². The summed E-state index contributed by atoms with van der Waals surface area (Å²) in [6.45, 7) is 8.70. The van der Waals surface area contributed by atoms with Crippen LogP contribution in [0.25, 0.3) is 0 Å². The molecule has 0 fully saturated rings. The molecule has 0 aliphatic rings. The third kappa shape index (κ3) is 5.94. The Kier molecular flexibility index (Phi) is 7.42. The average Bonchev–Trinajstić information content (AvgIpc) is 2.15. The van der Waals surface area contributed by atoms with E-state index in [0.29, 0.717) is 13.2 Å². The van der Waals surface area contributed by atoms with Gasteiger partial charge in [-0.1, -0.05) is 0 Å². The lowest BCUT2D eigenvalue weighted by Crippen LogP contribution is -2.27. The molecule has 0 heterocycles. The van der Waals surface area contributed by atoms with Crippen LogP contribution in [0.4, 0.5) is 0 Å². The number of esters is 1. The standard InChI is InChI=1S/C10H20O4/c1-5-12-8(3)7-14-10(11)9(4)13-6-2/h8-9H,5-7H2,1-4H3. The minimum Gasteiger partial charge on any atom is -0.461 e. The lowest BCUT2D eigenvalue weighted by atomic mass is 10.4. The lowest BCUT2D eigenvalue weighted by Gasteiger charge is -2.14. The zero-order chi connectivity index (χ0) is 11.0. The van der Waals surface area contributed by atoms with Gasteiger partial charge in [0.25, 0.3) is 0 Å². The van der Waals surface area contributed by atoms with Gasteiger partial charge in [-0.3, -0.25) is 0 Å². The number of rotatable bonds is 7. The Morgan fingerprint density at radius 3 is 2.21 bits per heavy atom. The van der Waals surface area contributed by atoms with E-state index in [1.807, 2.05) is 20.8 Å². The molecular formula is C10H20O4. The highest BCUT2D eigenvalue weighted by atomic mass is 16.6. The fourth-order valence-electron chi connectivity index (χ4n) is 0.968. The molecule has 2 unspecified atom stereocenters. The van der Waals surface area contributed by atoms with Crippen molar-refractivity contribution in [1.29, 1.82) is 0 Å². The molecule has 4 nitrogen and oxygen atoms in total. The maximum Gasteiger partial charge on any atom is 0.335 e. The molecule has 0 aliphatic carbocycles. The van der Waals surface area contributed by atoms with Crippen molar-refractivity contribution in [1.82, 2.24) is 0 Å². The lowest BCUT2D eigenvalue weighted by molar-refractivity contribution is -0.159. The first-order valence-corrected chi connectivity index (χ1v) is 5.01. The molecular weight excluding hydrogens is 184 g/mol. The van der Waals surface area contributed by atoms with E-state index < -0.39 is 6.10 Å². The average molecular weight is 204 g/mol. The van der Waals surface area contributed by atoms with E-state index in [2.05, 4.69) is 0 Å². The van der Waals surface area contributed by atoms with Gasteiger partial charge >= 0.3 is 5.97 Å². The van der Waals surface area contributed by atoms with Gasteiger partial charge in [0.05, 0.1) is 6.10 Å². The predicted octanol–water partition coefficient (Wildman–Crippen LogP) is 1.38. The Bertz CT molecular complexity index is 158. The van der Waals surface area contributed by atoms with Gasteiger partial charge < -0.3 is 14.2 Å². The molecule has 84 valence electrons. The van der Waals surface area contributed by atoms with E-state index >= 15 is 0 Å². The second-order valence-corrected chi connectivity index (χ2v) is 2.99. The highest BCUT2D eigenvalue weighted by Crippen LogP contribution is 1.97. The Morgan fingerprint density at radius 2 is 1.71 bits per heavy atom. The van der Waals surface area contributed by atoms with Gasteiger partial charge in [0, 0.05) is 13.2 Å². The van der Waals surface area contributed by atoms with Crippen LogP contribution in [0.15, 0.2) is 0 Å². The van der Waals surface area contributed by atoms with Gasteiger partial charge in [0.2, 0.25) is 0 Å². The van der Waals surface area contributed by atoms with Gasteiger partial charge in [-0.2, -0.15) is 0 Å². The molecule has 0 amide bonds. The molecule has 0 N–H and O–H groups in total. The summed E-state index contributed by atoms with van der Waals surface area (Å²) in [4.78, 5) is 11.2. The SMILES string of the molecule is CCOC(C)COC(=O)C(C)OCC. The summed E-state index contributed by atoms with van der Waals surface area (Å²) < 4.78 is 15.3. The summed E-state index contributed by atoms with van der Waals surface area (Å²) in [6.07, 6.45) is -0.549. The van der Waals surface area contributed by atoms with Crippen molar-refractivity contribution in [2.45, 2.75) is 39.9 Å². The fourth-order valence-corrected chi connectivity index (χ4v) is 0.968. The molecule has 0 radical (unpaired) electrons. The predicted molar refractivity (Wildman–Crippen MR) is 53.1 cm³/mol. The van der Waals surface area contributed by atoms with E-state index in [0.717, 1.165) is 0 Å². The minimum absolute atomic E-state index is 0.0576. The van der Waals surface area contributed by atoms with Crippen LogP contribution in [0.3, 0.4) is 0 Å². The van der Waals surface area contributed by atoms with Crippen LogP contribution in [0.1, 0.15) is 27.7 Å². The summed E-state index contributed by atoms with van der Waals surface area (Å²) in [5, 5.41) is 0.